The van der Waals surface area contributed by atoms with Gasteiger partial charge in [0.05, 0.1) is 17.6 Å². The Kier molecular flexibility index (Phi) is 2.55. The summed E-state index contributed by atoms with van der Waals surface area (Å²) in [5.41, 5.74) is 7.38. The van der Waals surface area contributed by atoms with E-state index in [-0.39, 0.29) is 0 Å². The highest BCUT2D eigenvalue weighted by Crippen LogP contribution is 2.05. The average molecular weight is 188 g/mol. The van der Waals surface area contributed by atoms with E-state index >= 15 is 0 Å². The number of nitrogens with two attached hydrogens (primary N) is 1. The number of nitrogens with zero attached hydrogens (tertiary/aromatic N) is 3. The highest BCUT2D eigenvalue weighted by Gasteiger charge is 2.00. The van der Waals surface area contributed by atoms with Gasteiger partial charge in [0.15, 0.2) is 0 Å². The lowest BCUT2D eigenvalue weighted by Gasteiger charge is -1.96. The third-order valence-corrected chi connectivity index (χ3v) is 1.96. The van der Waals surface area contributed by atoms with Gasteiger partial charge in [-0.2, -0.15) is 0 Å². The van der Waals surface area contributed by atoms with E-state index < -0.39 is 0 Å². The summed E-state index contributed by atoms with van der Waals surface area (Å²) in [5.74, 6) is 0. The molecule has 72 valence electrons. The van der Waals surface area contributed by atoms with Crippen molar-refractivity contribution >= 4 is 0 Å². The number of rotatable bonds is 3. The third-order valence-electron chi connectivity index (χ3n) is 1.96. The Bertz CT molecular complexity index is 394. The maximum atomic E-state index is 5.43. The molecule has 0 spiro atoms. The van der Waals surface area contributed by atoms with E-state index in [1.54, 1.807) is 4.68 Å². The van der Waals surface area contributed by atoms with Gasteiger partial charge in [-0.15, -0.1) is 5.10 Å². The van der Waals surface area contributed by atoms with Crippen LogP contribution in [0.3, 0.4) is 0 Å². The number of benzene rings is 1. The number of hydrogen-bond donors (Lipinski definition) is 1. The highest BCUT2D eigenvalue weighted by atomic mass is 15.4. The number of aromatic nitrogens is 3. The van der Waals surface area contributed by atoms with E-state index in [4.69, 9.17) is 5.73 Å². The molecule has 0 radical (unpaired) electrons. The molecule has 0 aliphatic rings. The number of hydrogen-bond acceptors (Lipinski definition) is 3. The zero-order chi connectivity index (χ0) is 9.80. The lowest BCUT2D eigenvalue weighted by Crippen LogP contribution is -2.02. The Morgan fingerprint density at radius 1 is 1.21 bits per heavy atom. The zero-order valence-corrected chi connectivity index (χ0v) is 7.80. The summed E-state index contributed by atoms with van der Waals surface area (Å²) in [6.07, 6.45) is 2.68. The minimum atomic E-state index is 0.605. The molecule has 0 aliphatic heterocycles. The first-order valence-corrected chi connectivity index (χ1v) is 4.57. The quantitative estimate of drug-likeness (QED) is 0.774. The van der Waals surface area contributed by atoms with Crippen LogP contribution < -0.4 is 5.73 Å². The van der Waals surface area contributed by atoms with Crippen LogP contribution in [0.4, 0.5) is 0 Å². The van der Waals surface area contributed by atoms with Gasteiger partial charge in [-0.3, -0.25) is 0 Å². The second kappa shape index (κ2) is 4.02. The molecular weight excluding hydrogens is 176 g/mol. The third kappa shape index (κ3) is 1.80. The van der Waals surface area contributed by atoms with Crippen molar-refractivity contribution in [1.82, 2.24) is 15.0 Å². The summed E-state index contributed by atoms with van der Waals surface area (Å²) in [7, 11) is 0. The Hall–Kier alpha value is -1.68. The summed E-state index contributed by atoms with van der Waals surface area (Å²) in [6, 6.07) is 9.89. The van der Waals surface area contributed by atoms with Crippen molar-refractivity contribution < 1.29 is 0 Å². The molecule has 4 heteroatoms. The molecule has 0 saturated heterocycles. The van der Waals surface area contributed by atoms with Gasteiger partial charge in [0.25, 0.3) is 0 Å². The SMILES string of the molecule is NCCc1cn(-c2ccccc2)nn1. The molecule has 14 heavy (non-hydrogen) atoms. The maximum absolute atomic E-state index is 5.43. The molecule has 0 atom stereocenters. The molecule has 0 fully saturated rings. The van der Waals surface area contributed by atoms with E-state index in [0.717, 1.165) is 17.8 Å². The summed E-state index contributed by atoms with van der Waals surface area (Å²) in [6.45, 7) is 0.605. The first-order valence-electron chi connectivity index (χ1n) is 4.57. The minimum absolute atomic E-state index is 0.605. The topological polar surface area (TPSA) is 56.7 Å². The lowest BCUT2D eigenvalue weighted by atomic mass is 10.3. The van der Waals surface area contributed by atoms with Crippen LogP contribution in [0.1, 0.15) is 5.69 Å². The van der Waals surface area contributed by atoms with Crippen LogP contribution in [0.15, 0.2) is 36.5 Å². The van der Waals surface area contributed by atoms with Gasteiger partial charge < -0.3 is 5.73 Å². The monoisotopic (exact) mass is 188 g/mol. The molecular formula is C10H12N4. The molecule has 0 unspecified atom stereocenters. The van der Waals surface area contributed by atoms with Gasteiger partial charge in [0.1, 0.15) is 0 Å². The smallest absolute Gasteiger partial charge is 0.0844 e. The van der Waals surface area contributed by atoms with Crippen molar-refractivity contribution in [2.45, 2.75) is 6.42 Å². The van der Waals surface area contributed by atoms with Crippen molar-refractivity contribution in [1.29, 1.82) is 0 Å². The Morgan fingerprint density at radius 2 is 2.00 bits per heavy atom. The van der Waals surface area contributed by atoms with E-state index in [1.165, 1.54) is 0 Å². The fourth-order valence-corrected chi connectivity index (χ4v) is 1.27. The van der Waals surface area contributed by atoms with Gasteiger partial charge in [0.2, 0.25) is 0 Å². The molecule has 2 N–H and O–H groups in total. The second-order valence-electron chi connectivity index (χ2n) is 3.03. The average Bonchev–Trinajstić information content (AvgIpc) is 2.68. The molecule has 0 bridgehead atoms. The van der Waals surface area contributed by atoms with Crippen LogP contribution in [0.25, 0.3) is 5.69 Å². The molecule has 0 amide bonds. The molecule has 2 rings (SSSR count). The lowest BCUT2D eigenvalue weighted by molar-refractivity contribution is 0.795. The van der Waals surface area contributed by atoms with E-state index in [9.17, 15) is 0 Å². The minimum Gasteiger partial charge on any atom is -0.330 e. The molecule has 1 heterocycles. The summed E-state index contributed by atoms with van der Waals surface area (Å²) in [4.78, 5) is 0. The summed E-state index contributed by atoms with van der Waals surface area (Å²) < 4.78 is 1.75. The predicted octanol–water partition coefficient (Wildman–Crippen LogP) is 0.768. The normalized spacial score (nSPS) is 10.4. The molecule has 0 aliphatic carbocycles. The van der Waals surface area contributed by atoms with Gasteiger partial charge in [0, 0.05) is 6.42 Å². The van der Waals surface area contributed by atoms with Crippen molar-refractivity contribution in [3.8, 4) is 5.69 Å². The molecule has 1 aromatic carbocycles. The molecule has 0 saturated carbocycles. The first kappa shape index (κ1) is 8.90. The fourth-order valence-electron chi connectivity index (χ4n) is 1.27. The van der Waals surface area contributed by atoms with Crippen LogP contribution in [0, 0.1) is 0 Å². The van der Waals surface area contributed by atoms with E-state index in [1.807, 2.05) is 36.5 Å². The summed E-state index contributed by atoms with van der Waals surface area (Å²) >= 11 is 0. The van der Waals surface area contributed by atoms with Crippen molar-refractivity contribution in [2.24, 2.45) is 5.73 Å². The van der Waals surface area contributed by atoms with Crippen LogP contribution in [0.5, 0.6) is 0 Å². The maximum Gasteiger partial charge on any atom is 0.0844 e. The molecule has 1 aromatic heterocycles. The Labute approximate surface area is 82.4 Å². The van der Waals surface area contributed by atoms with Gasteiger partial charge >= 0.3 is 0 Å². The standard InChI is InChI=1S/C10H12N4/c11-7-6-9-8-14(13-12-9)10-4-2-1-3-5-10/h1-5,8H,6-7,11H2. The van der Waals surface area contributed by atoms with Crippen molar-refractivity contribution in [3.63, 3.8) is 0 Å². The molecule has 2 aromatic rings. The zero-order valence-electron chi connectivity index (χ0n) is 7.80. The van der Waals surface area contributed by atoms with Crippen molar-refractivity contribution in [3.05, 3.63) is 42.2 Å². The van der Waals surface area contributed by atoms with E-state index in [0.29, 0.717) is 6.54 Å². The Balaban J connectivity index is 2.25. The number of para-hydroxylation sites is 1. The van der Waals surface area contributed by atoms with Gasteiger partial charge in [-0.1, -0.05) is 23.4 Å². The second-order valence-corrected chi connectivity index (χ2v) is 3.03. The van der Waals surface area contributed by atoms with Crippen LogP contribution in [0.2, 0.25) is 0 Å². The van der Waals surface area contributed by atoms with Gasteiger partial charge in [-0.25, -0.2) is 4.68 Å². The highest BCUT2D eigenvalue weighted by molar-refractivity contribution is 5.29. The van der Waals surface area contributed by atoms with Gasteiger partial charge in [-0.05, 0) is 18.7 Å². The van der Waals surface area contributed by atoms with Crippen molar-refractivity contribution in [2.75, 3.05) is 6.54 Å². The van der Waals surface area contributed by atoms with Crippen LogP contribution >= 0.6 is 0 Å². The summed E-state index contributed by atoms with van der Waals surface area (Å²) in [5, 5.41) is 8.03. The first-order chi connectivity index (χ1) is 6.90. The van der Waals surface area contributed by atoms with Crippen LogP contribution in [-0.2, 0) is 6.42 Å². The molecule has 4 nitrogen and oxygen atoms in total. The largest absolute Gasteiger partial charge is 0.330 e. The predicted molar refractivity (Wildman–Crippen MR) is 54.1 cm³/mol. The van der Waals surface area contributed by atoms with E-state index in [2.05, 4.69) is 10.3 Å². The fraction of sp³-hybridized carbons (Fsp3) is 0.200. The Morgan fingerprint density at radius 3 is 2.71 bits per heavy atom. The van der Waals surface area contributed by atoms with Crippen LogP contribution in [-0.4, -0.2) is 21.5 Å².